The van der Waals surface area contributed by atoms with Crippen LogP contribution >= 0.6 is 0 Å². The number of para-hydroxylation sites is 2. The Hall–Kier alpha value is -2.26. The highest BCUT2D eigenvalue weighted by Gasteiger charge is 2.21. The SMILES string of the molecule is COc1ccccc1-n1c[n+](Cc2c(C)cc(C)cc2C)c(C)c1C.[Cl-]. The molecule has 26 heavy (non-hydrogen) atoms. The van der Waals surface area contributed by atoms with Gasteiger partial charge in [-0.25, -0.2) is 4.57 Å². The number of rotatable bonds is 4. The van der Waals surface area contributed by atoms with Gasteiger partial charge in [0.1, 0.15) is 17.9 Å². The molecule has 0 amide bonds. The lowest BCUT2D eigenvalue weighted by Gasteiger charge is -2.10. The Morgan fingerprint density at radius 2 is 1.58 bits per heavy atom. The molecular formula is C22H27ClN2O. The van der Waals surface area contributed by atoms with E-state index in [-0.39, 0.29) is 12.4 Å². The van der Waals surface area contributed by atoms with E-state index in [2.05, 4.69) is 68.3 Å². The largest absolute Gasteiger partial charge is 1.00 e. The third-order valence-electron chi connectivity index (χ3n) is 5.08. The van der Waals surface area contributed by atoms with E-state index in [1.807, 2.05) is 18.2 Å². The van der Waals surface area contributed by atoms with Gasteiger partial charge in [0.25, 0.3) is 0 Å². The maximum atomic E-state index is 5.54. The number of aromatic nitrogens is 2. The van der Waals surface area contributed by atoms with Crippen molar-refractivity contribution in [3.63, 3.8) is 0 Å². The highest BCUT2D eigenvalue weighted by atomic mass is 35.5. The first kappa shape index (κ1) is 20.1. The first-order chi connectivity index (χ1) is 11.9. The summed E-state index contributed by atoms with van der Waals surface area (Å²) in [5.41, 5.74) is 9.00. The minimum absolute atomic E-state index is 0. The molecule has 3 nitrogen and oxygen atoms in total. The number of aryl methyl sites for hydroxylation is 3. The summed E-state index contributed by atoms with van der Waals surface area (Å²) in [5, 5.41) is 0. The molecule has 0 aliphatic carbocycles. The number of nitrogens with zero attached hydrogens (tertiary/aromatic N) is 2. The van der Waals surface area contributed by atoms with Crippen LogP contribution in [-0.4, -0.2) is 11.7 Å². The van der Waals surface area contributed by atoms with Crippen LogP contribution in [0, 0.1) is 34.6 Å². The maximum absolute atomic E-state index is 5.54. The summed E-state index contributed by atoms with van der Waals surface area (Å²) in [6, 6.07) is 12.7. The fourth-order valence-electron chi connectivity index (χ4n) is 3.56. The molecule has 0 N–H and O–H groups in total. The third kappa shape index (κ3) is 3.63. The van der Waals surface area contributed by atoms with Crippen molar-refractivity contribution in [3.05, 3.63) is 76.4 Å². The number of hydrogen-bond donors (Lipinski definition) is 0. The molecule has 2 aromatic carbocycles. The van der Waals surface area contributed by atoms with Crippen LogP contribution < -0.4 is 21.7 Å². The molecule has 0 atom stereocenters. The molecule has 0 aliphatic rings. The molecule has 1 aromatic heterocycles. The first-order valence-corrected chi connectivity index (χ1v) is 8.70. The van der Waals surface area contributed by atoms with E-state index in [0.717, 1.165) is 18.0 Å². The van der Waals surface area contributed by atoms with Crippen molar-refractivity contribution in [1.82, 2.24) is 4.57 Å². The Bertz CT molecular complexity index is 905. The van der Waals surface area contributed by atoms with Gasteiger partial charge in [0, 0.05) is 13.8 Å². The van der Waals surface area contributed by atoms with Gasteiger partial charge in [-0.2, -0.15) is 4.57 Å². The van der Waals surface area contributed by atoms with Crippen LogP contribution in [0.3, 0.4) is 0 Å². The molecule has 4 heteroatoms. The summed E-state index contributed by atoms with van der Waals surface area (Å²) in [7, 11) is 1.72. The summed E-state index contributed by atoms with van der Waals surface area (Å²) in [4.78, 5) is 0. The van der Waals surface area contributed by atoms with Gasteiger partial charge in [0.2, 0.25) is 6.33 Å². The molecular weight excluding hydrogens is 344 g/mol. The minimum atomic E-state index is 0. The Balaban J connectivity index is 0.00000243. The molecule has 0 saturated carbocycles. The molecule has 3 aromatic rings. The van der Waals surface area contributed by atoms with Gasteiger partial charge < -0.3 is 17.1 Å². The second-order valence-electron chi connectivity index (χ2n) is 6.83. The molecule has 3 rings (SSSR count). The van der Waals surface area contributed by atoms with Gasteiger partial charge in [-0.05, 0) is 49.6 Å². The fourth-order valence-corrected chi connectivity index (χ4v) is 3.56. The number of ether oxygens (including phenoxy) is 1. The van der Waals surface area contributed by atoms with Crippen LogP contribution in [-0.2, 0) is 6.54 Å². The van der Waals surface area contributed by atoms with E-state index < -0.39 is 0 Å². The number of imidazole rings is 1. The first-order valence-electron chi connectivity index (χ1n) is 8.70. The van der Waals surface area contributed by atoms with Gasteiger partial charge >= 0.3 is 0 Å². The maximum Gasteiger partial charge on any atom is 0.249 e. The number of benzene rings is 2. The molecule has 0 radical (unpaired) electrons. The van der Waals surface area contributed by atoms with Crippen molar-refractivity contribution < 1.29 is 21.7 Å². The van der Waals surface area contributed by atoms with Crippen molar-refractivity contribution in [2.75, 3.05) is 7.11 Å². The average molecular weight is 371 g/mol. The van der Waals surface area contributed by atoms with E-state index in [4.69, 9.17) is 4.74 Å². The zero-order chi connectivity index (χ0) is 18.1. The Labute approximate surface area is 162 Å². The molecule has 1 heterocycles. The third-order valence-corrected chi connectivity index (χ3v) is 5.08. The van der Waals surface area contributed by atoms with Crippen LogP contribution in [0.4, 0.5) is 0 Å². The molecule has 0 unspecified atom stereocenters. The molecule has 0 saturated heterocycles. The predicted molar refractivity (Wildman–Crippen MR) is 102 cm³/mol. The summed E-state index contributed by atoms with van der Waals surface area (Å²) in [6.45, 7) is 11.8. The Kier molecular flexibility index (Phi) is 6.14. The van der Waals surface area contributed by atoms with Crippen molar-refractivity contribution >= 4 is 0 Å². The quantitative estimate of drug-likeness (QED) is 0.634. The van der Waals surface area contributed by atoms with E-state index in [9.17, 15) is 0 Å². The van der Waals surface area contributed by atoms with Gasteiger partial charge in [-0.3, -0.25) is 0 Å². The van der Waals surface area contributed by atoms with Gasteiger partial charge in [-0.1, -0.05) is 29.8 Å². The number of methoxy groups -OCH3 is 1. The standard InChI is InChI=1S/C22H27N2O.ClH/c1-15-11-16(2)20(17(3)12-15)13-23-14-24(19(5)18(23)4)21-9-7-8-10-22(21)25-6;/h7-12,14H,13H2,1-6H3;1H/q+1;/p-1. The van der Waals surface area contributed by atoms with Crippen LogP contribution in [0.1, 0.15) is 33.6 Å². The second kappa shape index (κ2) is 7.96. The smallest absolute Gasteiger partial charge is 0.249 e. The molecule has 138 valence electrons. The van der Waals surface area contributed by atoms with E-state index in [0.29, 0.717) is 0 Å². The monoisotopic (exact) mass is 370 g/mol. The Morgan fingerprint density at radius 3 is 2.19 bits per heavy atom. The predicted octanol–water partition coefficient (Wildman–Crippen LogP) is 1.37. The van der Waals surface area contributed by atoms with Gasteiger partial charge in [0.15, 0.2) is 11.4 Å². The molecule has 0 aliphatic heterocycles. The van der Waals surface area contributed by atoms with E-state index in [1.165, 1.54) is 33.6 Å². The summed E-state index contributed by atoms with van der Waals surface area (Å²) in [6.07, 6.45) is 2.18. The van der Waals surface area contributed by atoms with E-state index in [1.54, 1.807) is 7.11 Å². The highest BCUT2D eigenvalue weighted by Crippen LogP contribution is 2.24. The van der Waals surface area contributed by atoms with Crippen molar-refractivity contribution in [3.8, 4) is 11.4 Å². The zero-order valence-electron chi connectivity index (χ0n) is 16.4. The molecule has 0 fully saturated rings. The van der Waals surface area contributed by atoms with Gasteiger partial charge in [0.05, 0.1) is 7.11 Å². The highest BCUT2D eigenvalue weighted by molar-refractivity contribution is 5.47. The van der Waals surface area contributed by atoms with Crippen LogP contribution in [0.15, 0.2) is 42.7 Å². The fraction of sp³-hybridized carbons (Fsp3) is 0.318. The molecule has 0 spiro atoms. The summed E-state index contributed by atoms with van der Waals surface area (Å²) in [5.74, 6) is 0.885. The lowest BCUT2D eigenvalue weighted by molar-refractivity contribution is -0.693. The summed E-state index contributed by atoms with van der Waals surface area (Å²) < 4.78 is 10.1. The van der Waals surface area contributed by atoms with Crippen LogP contribution in [0.25, 0.3) is 5.69 Å². The Morgan fingerprint density at radius 1 is 0.962 bits per heavy atom. The van der Waals surface area contributed by atoms with Gasteiger partial charge in [-0.15, -0.1) is 0 Å². The number of hydrogen-bond acceptors (Lipinski definition) is 1. The average Bonchev–Trinajstić information content (AvgIpc) is 2.86. The lowest BCUT2D eigenvalue weighted by atomic mass is 10.00. The van der Waals surface area contributed by atoms with Crippen molar-refractivity contribution in [2.45, 2.75) is 41.2 Å². The minimum Gasteiger partial charge on any atom is -1.00 e. The van der Waals surface area contributed by atoms with Crippen LogP contribution in [0.2, 0.25) is 0 Å². The normalized spacial score (nSPS) is 10.5. The lowest BCUT2D eigenvalue weighted by Crippen LogP contribution is -3.00. The second-order valence-corrected chi connectivity index (χ2v) is 6.83. The summed E-state index contributed by atoms with van der Waals surface area (Å²) >= 11 is 0. The molecule has 0 bridgehead atoms. The topological polar surface area (TPSA) is 18.0 Å². The van der Waals surface area contributed by atoms with Crippen LogP contribution in [0.5, 0.6) is 5.75 Å². The zero-order valence-corrected chi connectivity index (χ0v) is 17.2. The number of halogens is 1. The van der Waals surface area contributed by atoms with Crippen molar-refractivity contribution in [1.29, 1.82) is 0 Å². The van der Waals surface area contributed by atoms with Crippen molar-refractivity contribution in [2.24, 2.45) is 0 Å². The van der Waals surface area contributed by atoms with E-state index >= 15 is 0 Å².